The first-order valence-corrected chi connectivity index (χ1v) is 11.2. The highest BCUT2D eigenvalue weighted by atomic mass is 16.2. The number of amides is 2. The summed E-state index contributed by atoms with van der Waals surface area (Å²) in [6.07, 6.45) is 3.80. The van der Waals surface area contributed by atoms with Crippen LogP contribution < -0.4 is 10.9 Å². The third-order valence-corrected chi connectivity index (χ3v) is 6.26. The van der Waals surface area contributed by atoms with E-state index in [1.165, 1.54) is 4.52 Å². The van der Waals surface area contributed by atoms with Gasteiger partial charge in [0.25, 0.3) is 5.56 Å². The van der Waals surface area contributed by atoms with E-state index in [9.17, 15) is 14.4 Å². The summed E-state index contributed by atoms with van der Waals surface area (Å²) in [5.74, 6) is -0.176. The van der Waals surface area contributed by atoms with Gasteiger partial charge in [-0.1, -0.05) is 37.3 Å². The van der Waals surface area contributed by atoms with Gasteiger partial charge >= 0.3 is 0 Å². The molecule has 1 fully saturated rings. The first kappa shape index (κ1) is 21.8. The van der Waals surface area contributed by atoms with Crippen molar-refractivity contribution in [2.75, 3.05) is 13.1 Å². The predicted molar refractivity (Wildman–Crippen MR) is 121 cm³/mol. The van der Waals surface area contributed by atoms with Crippen LogP contribution in [0, 0.1) is 6.92 Å². The molecule has 0 radical (unpaired) electrons. The van der Waals surface area contributed by atoms with Crippen molar-refractivity contribution in [1.82, 2.24) is 24.8 Å². The minimum absolute atomic E-state index is 0.00593. The SMILES string of the molecule is CCC(C(=O)N1CCC(NC(=O)Cc2c(C)nc3cc[nH]n3c2=O)CC1)c1ccccc1. The van der Waals surface area contributed by atoms with Crippen molar-refractivity contribution < 1.29 is 9.59 Å². The van der Waals surface area contributed by atoms with E-state index in [-0.39, 0.29) is 35.8 Å². The van der Waals surface area contributed by atoms with E-state index in [1.807, 2.05) is 42.2 Å². The standard InChI is InChI=1S/C24H29N5O3/c1-3-19(17-7-5-4-6-8-17)23(31)28-13-10-18(11-14-28)27-22(30)15-20-16(2)26-21-9-12-25-29(21)24(20)32/h4-9,12,18-19,25H,3,10-11,13-15H2,1-2H3,(H,27,30). The van der Waals surface area contributed by atoms with Gasteiger partial charge in [-0.2, -0.15) is 0 Å². The largest absolute Gasteiger partial charge is 0.353 e. The van der Waals surface area contributed by atoms with E-state index in [0.29, 0.717) is 42.8 Å². The van der Waals surface area contributed by atoms with Gasteiger partial charge in [-0.05, 0) is 31.7 Å². The van der Waals surface area contributed by atoms with E-state index in [0.717, 1.165) is 12.0 Å². The number of carbonyl (C=O) groups is 2. The predicted octanol–water partition coefficient (Wildman–Crippen LogP) is 2.17. The molecule has 1 aliphatic rings. The zero-order valence-corrected chi connectivity index (χ0v) is 18.5. The molecule has 32 heavy (non-hydrogen) atoms. The number of aromatic nitrogens is 3. The molecule has 1 saturated heterocycles. The molecule has 2 aromatic heterocycles. The topological polar surface area (TPSA) is 99.6 Å². The Hall–Kier alpha value is -3.42. The molecule has 1 aromatic carbocycles. The Labute approximate surface area is 186 Å². The van der Waals surface area contributed by atoms with Crippen LogP contribution in [0.1, 0.15) is 48.9 Å². The van der Waals surface area contributed by atoms with Gasteiger partial charge in [0, 0.05) is 42.7 Å². The second kappa shape index (κ2) is 9.38. The van der Waals surface area contributed by atoms with Crippen molar-refractivity contribution in [3.63, 3.8) is 0 Å². The van der Waals surface area contributed by atoms with Gasteiger partial charge in [0.05, 0.1) is 12.3 Å². The summed E-state index contributed by atoms with van der Waals surface area (Å²) in [7, 11) is 0. The number of benzene rings is 1. The van der Waals surface area contributed by atoms with Crippen molar-refractivity contribution in [2.24, 2.45) is 0 Å². The molecule has 2 N–H and O–H groups in total. The third kappa shape index (κ3) is 4.44. The summed E-state index contributed by atoms with van der Waals surface area (Å²) >= 11 is 0. The first-order chi connectivity index (χ1) is 15.5. The fourth-order valence-electron chi connectivity index (χ4n) is 4.45. The Morgan fingerprint density at radius 2 is 1.91 bits per heavy atom. The Morgan fingerprint density at radius 1 is 1.19 bits per heavy atom. The Morgan fingerprint density at radius 3 is 2.59 bits per heavy atom. The molecular weight excluding hydrogens is 406 g/mol. The molecular formula is C24H29N5O3. The maximum absolute atomic E-state index is 13.1. The number of likely N-dealkylation sites (tertiary alicyclic amines) is 1. The maximum Gasteiger partial charge on any atom is 0.276 e. The quantitative estimate of drug-likeness (QED) is 0.620. The number of aromatic amines is 1. The van der Waals surface area contributed by atoms with Gasteiger partial charge in [0.2, 0.25) is 11.8 Å². The third-order valence-electron chi connectivity index (χ3n) is 6.26. The van der Waals surface area contributed by atoms with Crippen LogP contribution in [0.25, 0.3) is 5.65 Å². The fourth-order valence-corrected chi connectivity index (χ4v) is 4.45. The van der Waals surface area contributed by atoms with Crippen LogP contribution in [0.4, 0.5) is 0 Å². The van der Waals surface area contributed by atoms with E-state index in [4.69, 9.17) is 0 Å². The number of H-pyrrole nitrogens is 1. The van der Waals surface area contributed by atoms with Crippen LogP contribution in [0.5, 0.6) is 0 Å². The van der Waals surface area contributed by atoms with Crippen molar-refractivity contribution in [2.45, 2.75) is 51.5 Å². The van der Waals surface area contributed by atoms with Gasteiger partial charge in [-0.15, -0.1) is 0 Å². The molecule has 1 aliphatic heterocycles. The normalized spacial score (nSPS) is 15.6. The molecule has 3 aromatic rings. The van der Waals surface area contributed by atoms with E-state index in [2.05, 4.69) is 15.4 Å². The summed E-state index contributed by atoms with van der Waals surface area (Å²) < 4.78 is 1.34. The van der Waals surface area contributed by atoms with Crippen LogP contribution in [0.3, 0.4) is 0 Å². The van der Waals surface area contributed by atoms with Crippen molar-refractivity contribution in [3.05, 3.63) is 69.8 Å². The Kier molecular flexibility index (Phi) is 6.39. The number of piperidine rings is 1. The second-order valence-corrected chi connectivity index (χ2v) is 8.35. The summed E-state index contributed by atoms with van der Waals surface area (Å²) in [4.78, 5) is 44.6. The van der Waals surface area contributed by atoms with Crippen LogP contribution >= 0.6 is 0 Å². The number of aryl methyl sites for hydroxylation is 1. The summed E-state index contributed by atoms with van der Waals surface area (Å²) in [6, 6.07) is 11.6. The van der Waals surface area contributed by atoms with E-state index >= 15 is 0 Å². The average molecular weight is 436 g/mol. The van der Waals surface area contributed by atoms with Crippen LogP contribution in [-0.2, 0) is 16.0 Å². The van der Waals surface area contributed by atoms with Gasteiger partial charge in [0.15, 0.2) is 5.65 Å². The van der Waals surface area contributed by atoms with Gasteiger partial charge in [0.1, 0.15) is 0 Å². The molecule has 8 heteroatoms. The number of nitrogens with one attached hydrogen (secondary N) is 2. The lowest BCUT2D eigenvalue weighted by Gasteiger charge is -2.34. The molecule has 2 amide bonds. The van der Waals surface area contributed by atoms with Crippen molar-refractivity contribution in [1.29, 1.82) is 0 Å². The summed E-state index contributed by atoms with van der Waals surface area (Å²) in [5.41, 5.74) is 2.29. The van der Waals surface area contributed by atoms with Crippen molar-refractivity contribution >= 4 is 17.5 Å². The number of rotatable bonds is 6. The van der Waals surface area contributed by atoms with Crippen molar-refractivity contribution in [3.8, 4) is 0 Å². The molecule has 8 nitrogen and oxygen atoms in total. The molecule has 0 aliphatic carbocycles. The molecule has 0 saturated carbocycles. The lowest BCUT2D eigenvalue weighted by molar-refractivity contribution is -0.134. The fraction of sp³-hybridized carbons (Fsp3) is 0.417. The molecule has 1 atom stereocenters. The number of hydrogen-bond donors (Lipinski definition) is 2. The lowest BCUT2D eigenvalue weighted by atomic mass is 9.93. The average Bonchev–Trinajstić information content (AvgIpc) is 3.27. The summed E-state index contributed by atoms with van der Waals surface area (Å²) in [5, 5.41) is 5.86. The highest BCUT2D eigenvalue weighted by molar-refractivity contribution is 5.84. The van der Waals surface area contributed by atoms with Crippen LogP contribution in [0.15, 0.2) is 47.4 Å². The zero-order chi connectivity index (χ0) is 22.7. The highest BCUT2D eigenvalue weighted by Crippen LogP contribution is 2.24. The smallest absolute Gasteiger partial charge is 0.276 e. The number of carbonyl (C=O) groups excluding carboxylic acids is 2. The van der Waals surface area contributed by atoms with E-state index in [1.54, 1.807) is 19.2 Å². The molecule has 0 spiro atoms. The van der Waals surface area contributed by atoms with Gasteiger partial charge < -0.3 is 10.2 Å². The van der Waals surface area contributed by atoms with Gasteiger partial charge in [-0.25, -0.2) is 9.50 Å². The number of fused-ring (bicyclic) bond motifs is 1. The Balaban J connectivity index is 1.34. The molecule has 4 rings (SSSR count). The maximum atomic E-state index is 13.1. The number of hydrogen-bond acceptors (Lipinski definition) is 4. The minimum Gasteiger partial charge on any atom is -0.353 e. The Bertz CT molecular complexity index is 1160. The van der Waals surface area contributed by atoms with E-state index < -0.39 is 0 Å². The first-order valence-electron chi connectivity index (χ1n) is 11.2. The molecule has 0 bridgehead atoms. The van der Waals surface area contributed by atoms with Crippen LogP contribution in [0.2, 0.25) is 0 Å². The summed E-state index contributed by atoms with van der Waals surface area (Å²) in [6.45, 7) is 5.01. The molecule has 1 unspecified atom stereocenters. The van der Waals surface area contributed by atoms with Crippen LogP contribution in [-0.4, -0.2) is 50.4 Å². The minimum atomic E-state index is -0.250. The second-order valence-electron chi connectivity index (χ2n) is 8.35. The lowest BCUT2D eigenvalue weighted by Crippen LogP contribution is -2.48. The highest BCUT2D eigenvalue weighted by Gasteiger charge is 2.29. The van der Waals surface area contributed by atoms with Gasteiger partial charge in [-0.3, -0.25) is 19.5 Å². The number of nitrogens with zero attached hydrogens (tertiary/aromatic N) is 3. The monoisotopic (exact) mass is 435 g/mol. The molecule has 168 valence electrons. The zero-order valence-electron chi connectivity index (χ0n) is 18.5. The molecule has 3 heterocycles.